The summed E-state index contributed by atoms with van der Waals surface area (Å²) >= 11 is 5.58. The summed E-state index contributed by atoms with van der Waals surface area (Å²) in [6.07, 6.45) is 23.0. The van der Waals surface area contributed by atoms with Gasteiger partial charge in [-0.1, -0.05) is 56.2 Å². The van der Waals surface area contributed by atoms with Crippen LogP contribution in [0.25, 0.3) is 0 Å². The molecule has 0 heterocycles. The highest BCUT2D eigenvalue weighted by Crippen LogP contribution is 2.01. The fourth-order valence-electron chi connectivity index (χ4n) is 1.48. The minimum Gasteiger partial charge on any atom is -0.127 e. The molecule has 0 aromatic carbocycles. The fourth-order valence-corrected chi connectivity index (χ4v) is 1.64. The van der Waals surface area contributed by atoms with E-state index in [9.17, 15) is 0 Å². The van der Waals surface area contributed by atoms with Crippen LogP contribution in [0.3, 0.4) is 0 Å². The molecule has 0 rings (SSSR count). The zero-order chi connectivity index (χ0) is 12.6. The second-order valence-electron chi connectivity index (χ2n) is 4.23. The van der Waals surface area contributed by atoms with Crippen molar-refractivity contribution in [3.05, 3.63) is 36.5 Å². The molecule has 0 atom stereocenters. The molecule has 0 bridgehead atoms. The molecule has 1 heteroatoms. The van der Waals surface area contributed by atoms with Gasteiger partial charge in [-0.05, 0) is 38.5 Å². The van der Waals surface area contributed by atoms with Crippen molar-refractivity contribution in [2.75, 3.05) is 5.88 Å². The molecule has 0 aliphatic heterocycles. The van der Waals surface area contributed by atoms with Crippen LogP contribution >= 0.6 is 11.6 Å². The van der Waals surface area contributed by atoms with E-state index in [1.54, 1.807) is 0 Å². The van der Waals surface area contributed by atoms with E-state index in [0.717, 1.165) is 31.6 Å². The summed E-state index contributed by atoms with van der Waals surface area (Å²) in [5.74, 6) is 0.761. The Kier molecular flexibility index (Phi) is 15.1. The summed E-state index contributed by atoms with van der Waals surface area (Å²) in [4.78, 5) is 0. The van der Waals surface area contributed by atoms with Crippen molar-refractivity contribution >= 4 is 11.6 Å². The Bertz CT molecular complexity index is 214. The van der Waals surface area contributed by atoms with Crippen LogP contribution in [0.2, 0.25) is 0 Å². The Hall–Kier alpha value is -0.490. The van der Waals surface area contributed by atoms with Gasteiger partial charge in [-0.15, -0.1) is 11.6 Å². The lowest BCUT2D eigenvalue weighted by molar-refractivity contribution is 0.728. The van der Waals surface area contributed by atoms with Crippen LogP contribution in [-0.4, -0.2) is 5.88 Å². The molecular weight excluding hydrogens is 228 g/mol. The highest BCUT2D eigenvalue weighted by atomic mass is 35.5. The molecule has 0 N–H and O–H groups in total. The van der Waals surface area contributed by atoms with Crippen molar-refractivity contribution < 1.29 is 0 Å². The van der Waals surface area contributed by atoms with Gasteiger partial charge in [0.1, 0.15) is 0 Å². The van der Waals surface area contributed by atoms with Crippen LogP contribution in [0, 0.1) is 0 Å². The zero-order valence-electron chi connectivity index (χ0n) is 11.2. The molecule has 98 valence electrons. The van der Waals surface area contributed by atoms with Crippen molar-refractivity contribution in [3.63, 3.8) is 0 Å². The number of alkyl halides is 1. The normalized spacial score (nSPS) is 12.4. The first-order valence-electron chi connectivity index (χ1n) is 6.94. The van der Waals surface area contributed by atoms with E-state index < -0.39 is 0 Å². The highest BCUT2D eigenvalue weighted by Gasteiger charge is 1.81. The Balaban J connectivity index is 3.26. The van der Waals surface area contributed by atoms with Crippen molar-refractivity contribution in [2.45, 2.75) is 58.3 Å². The maximum absolute atomic E-state index is 5.58. The largest absolute Gasteiger partial charge is 0.127 e. The van der Waals surface area contributed by atoms with E-state index in [2.05, 4.69) is 43.4 Å². The molecule has 0 saturated heterocycles. The Morgan fingerprint density at radius 3 is 2.00 bits per heavy atom. The number of hydrogen-bond acceptors (Lipinski definition) is 0. The van der Waals surface area contributed by atoms with Gasteiger partial charge in [0.15, 0.2) is 0 Å². The number of rotatable bonds is 11. The Labute approximate surface area is 112 Å². The zero-order valence-corrected chi connectivity index (χ0v) is 12.0. The minimum absolute atomic E-state index is 0.761. The van der Waals surface area contributed by atoms with Crippen LogP contribution < -0.4 is 0 Å². The van der Waals surface area contributed by atoms with E-state index in [-0.39, 0.29) is 0 Å². The second kappa shape index (κ2) is 15.5. The summed E-state index contributed by atoms with van der Waals surface area (Å²) in [6.45, 7) is 2.25. The fraction of sp³-hybridized carbons (Fsp3) is 0.625. The average molecular weight is 255 g/mol. The quantitative estimate of drug-likeness (QED) is 0.183. The molecule has 0 radical (unpaired) electrons. The minimum atomic E-state index is 0.761. The van der Waals surface area contributed by atoms with Gasteiger partial charge in [0.2, 0.25) is 0 Å². The molecule has 0 amide bonds. The third-order valence-corrected chi connectivity index (χ3v) is 2.80. The van der Waals surface area contributed by atoms with E-state index in [1.807, 2.05) is 0 Å². The highest BCUT2D eigenvalue weighted by molar-refractivity contribution is 6.17. The van der Waals surface area contributed by atoms with Gasteiger partial charge in [0, 0.05) is 5.88 Å². The Morgan fingerprint density at radius 2 is 1.29 bits per heavy atom. The van der Waals surface area contributed by atoms with Gasteiger partial charge in [-0.2, -0.15) is 0 Å². The summed E-state index contributed by atoms with van der Waals surface area (Å²) in [6, 6.07) is 0. The second-order valence-corrected chi connectivity index (χ2v) is 4.61. The average Bonchev–Trinajstić information content (AvgIpc) is 2.35. The predicted octanol–water partition coefficient (Wildman–Crippen LogP) is 6.03. The monoisotopic (exact) mass is 254 g/mol. The van der Waals surface area contributed by atoms with Crippen LogP contribution in [0.1, 0.15) is 58.3 Å². The van der Waals surface area contributed by atoms with Crippen molar-refractivity contribution in [1.82, 2.24) is 0 Å². The molecule has 0 fully saturated rings. The molecule has 0 aromatic rings. The van der Waals surface area contributed by atoms with Crippen molar-refractivity contribution in [1.29, 1.82) is 0 Å². The number of hydrogen-bond donors (Lipinski definition) is 0. The summed E-state index contributed by atoms with van der Waals surface area (Å²) < 4.78 is 0. The molecule has 0 aliphatic rings. The van der Waals surface area contributed by atoms with Gasteiger partial charge in [0.25, 0.3) is 0 Å². The van der Waals surface area contributed by atoms with Gasteiger partial charge >= 0.3 is 0 Å². The molecule has 0 saturated carbocycles. The molecule has 0 unspecified atom stereocenters. The smallest absolute Gasteiger partial charge is 0.0226 e. The first kappa shape index (κ1) is 16.5. The van der Waals surface area contributed by atoms with Gasteiger partial charge < -0.3 is 0 Å². The van der Waals surface area contributed by atoms with Crippen LogP contribution in [0.15, 0.2) is 36.5 Å². The summed E-state index contributed by atoms with van der Waals surface area (Å²) in [5, 5.41) is 0. The maximum atomic E-state index is 5.58. The Morgan fingerprint density at radius 1 is 0.706 bits per heavy atom. The number of unbranched alkanes of at least 4 members (excludes halogenated alkanes) is 5. The van der Waals surface area contributed by atoms with E-state index in [4.69, 9.17) is 11.6 Å². The lowest BCUT2D eigenvalue weighted by Crippen LogP contribution is -1.71. The van der Waals surface area contributed by atoms with Gasteiger partial charge in [-0.25, -0.2) is 0 Å². The van der Waals surface area contributed by atoms with Crippen LogP contribution in [-0.2, 0) is 0 Å². The molecule has 0 aliphatic carbocycles. The standard InChI is InChI=1S/C16H27Cl/c1-2-3-4-5-6-7-8-9-10-11-12-13-14-15-16-17/h6-7,10-13H,2-5,8-9,14-16H2,1H3/b7-6-,11-10-,13-12+. The summed E-state index contributed by atoms with van der Waals surface area (Å²) in [5.41, 5.74) is 0. The van der Waals surface area contributed by atoms with Crippen LogP contribution in [0.4, 0.5) is 0 Å². The maximum Gasteiger partial charge on any atom is 0.0226 e. The first-order valence-corrected chi connectivity index (χ1v) is 7.48. The summed E-state index contributed by atoms with van der Waals surface area (Å²) in [7, 11) is 0. The van der Waals surface area contributed by atoms with Crippen LogP contribution in [0.5, 0.6) is 0 Å². The van der Waals surface area contributed by atoms with Gasteiger partial charge in [-0.3, -0.25) is 0 Å². The first-order chi connectivity index (χ1) is 8.41. The third kappa shape index (κ3) is 15.5. The van der Waals surface area contributed by atoms with E-state index >= 15 is 0 Å². The SMILES string of the molecule is CCCCC/C=C\CC/C=C\C=C\CCCCl. The lowest BCUT2D eigenvalue weighted by Gasteiger charge is -1.91. The van der Waals surface area contributed by atoms with Crippen molar-refractivity contribution in [2.24, 2.45) is 0 Å². The number of halogens is 1. The number of allylic oxidation sites excluding steroid dienone is 6. The topological polar surface area (TPSA) is 0 Å². The molecular formula is C16H27Cl. The molecule has 0 nitrogen and oxygen atoms in total. The van der Waals surface area contributed by atoms with E-state index in [1.165, 1.54) is 25.7 Å². The van der Waals surface area contributed by atoms with Gasteiger partial charge in [0.05, 0.1) is 0 Å². The van der Waals surface area contributed by atoms with E-state index in [0.29, 0.717) is 0 Å². The molecule has 17 heavy (non-hydrogen) atoms. The lowest BCUT2D eigenvalue weighted by atomic mass is 10.2. The molecule has 0 aromatic heterocycles. The molecule has 0 spiro atoms. The third-order valence-electron chi connectivity index (χ3n) is 2.53. The predicted molar refractivity (Wildman–Crippen MR) is 80.8 cm³/mol. The van der Waals surface area contributed by atoms with Crippen molar-refractivity contribution in [3.8, 4) is 0 Å².